The van der Waals surface area contributed by atoms with Crippen LogP contribution in [0.2, 0.25) is 0 Å². The average molecular weight is 1880 g/mol. The van der Waals surface area contributed by atoms with Gasteiger partial charge < -0.3 is 13.3 Å². The molecule has 0 saturated heterocycles. The molecular weight excluding hydrogens is 1810 g/mol. The normalized spacial score (nSPS) is 12.2. The van der Waals surface area contributed by atoms with Gasteiger partial charge in [-0.15, -0.1) is 34.0 Å². The van der Waals surface area contributed by atoms with Crippen LogP contribution in [0.1, 0.15) is 0 Å². The Morgan fingerprint density at radius 1 is 0.189 bits per heavy atom. The molecule has 21 aromatic carbocycles. The predicted molar refractivity (Wildman–Crippen MR) is 599 cm³/mol. The van der Waals surface area contributed by atoms with Crippen molar-refractivity contribution in [2.75, 3.05) is 0 Å². The van der Waals surface area contributed by atoms with E-state index in [1.165, 1.54) is 136 Å². The Morgan fingerprint density at radius 2 is 0.483 bits per heavy atom. The number of thiophene rings is 3. The third-order valence-corrected chi connectivity index (χ3v) is 32.5. The van der Waals surface area contributed by atoms with Gasteiger partial charge in [-0.05, 0) is 144 Å². The average Bonchev–Trinajstić information content (AvgIpc) is 1.54. The highest BCUT2D eigenvalue weighted by atomic mass is 32.1. The molecule has 33 aromatic rings. The Balaban J connectivity index is 0.0000000981. The minimum Gasteiger partial charge on any atom is -0.452 e. The van der Waals surface area contributed by atoms with Gasteiger partial charge >= 0.3 is 0 Å². The van der Waals surface area contributed by atoms with Crippen molar-refractivity contribution >= 4 is 280 Å². The molecule has 0 N–H and O–H groups in total. The number of benzene rings is 21. The van der Waals surface area contributed by atoms with Gasteiger partial charge in [0, 0.05) is 112 Å². The first kappa shape index (κ1) is 79.7. The molecule has 0 saturated carbocycles. The number of aromatic nitrogens is 9. The maximum atomic E-state index is 6.57. The van der Waals surface area contributed by atoms with E-state index in [9.17, 15) is 0 Å². The van der Waals surface area contributed by atoms with E-state index in [0.29, 0.717) is 34.6 Å². The predicted octanol–water partition coefficient (Wildman–Crippen LogP) is 36.0. The van der Waals surface area contributed by atoms with Gasteiger partial charge in [0.1, 0.15) is 50.4 Å². The van der Waals surface area contributed by atoms with Crippen LogP contribution in [0.4, 0.5) is 0 Å². The molecular formula is C128H71N9O3S3. The molecule has 0 fully saturated rings. The summed E-state index contributed by atoms with van der Waals surface area (Å²) in [4.78, 5) is 32.4. The van der Waals surface area contributed by atoms with Gasteiger partial charge in [0.05, 0.1) is 47.2 Å². The molecule has 0 amide bonds. The van der Waals surface area contributed by atoms with Gasteiger partial charge in [-0.1, -0.05) is 352 Å². The Kier molecular flexibility index (Phi) is 17.3. The lowest BCUT2D eigenvalue weighted by Gasteiger charge is -2.12. The number of para-hydroxylation sites is 6. The van der Waals surface area contributed by atoms with E-state index < -0.39 is 0 Å². The van der Waals surface area contributed by atoms with E-state index in [4.69, 9.17) is 43.2 Å². The summed E-state index contributed by atoms with van der Waals surface area (Å²) in [5.41, 5.74) is 21.2. The van der Waals surface area contributed by atoms with Crippen LogP contribution >= 0.6 is 34.0 Å². The van der Waals surface area contributed by atoms with Gasteiger partial charge in [-0.25, -0.2) is 29.9 Å². The fourth-order valence-electron chi connectivity index (χ4n) is 22.8. The Morgan fingerprint density at radius 3 is 0.909 bits per heavy atom. The van der Waals surface area contributed by atoms with Gasteiger partial charge in [-0.3, -0.25) is 13.7 Å². The quantitative estimate of drug-likeness (QED) is 0.153. The van der Waals surface area contributed by atoms with E-state index >= 15 is 0 Å². The zero-order valence-electron chi connectivity index (χ0n) is 76.0. The van der Waals surface area contributed by atoms with Crippen LogP contribution in [-0.4, -0.2) is 43.6 Å². The molecule has 0 aliphatic rings. The molecule has 12 nitrogen and oxygen atoms in total. The van der Waals surface area contributed by atoms with Crippen molar-refractivity contribution in [1.82, 2.24) is 43.6 Å². The van der Waals surface area contributed by atoms with Crippen molar-refractivity contribution in [3.8, 4) is 62.7 Å². The fourth-order valence-corrected chi connectivity index (χ4v) is 26.6. The molecule has 664 valence electrons. The largest absolute Gasteiger partial charge is 0.452 e. The van der Waals surface area contributed by atoms with Gasteiger partial charge in [-0.2, -0.15) is 0 Å². The van der Waals surface area contributed by atoms with Crippen molar-refractivity contribution in [3.63, 3.8) is 0 Å². The zero-order valence-corrected chi connectivity index (χ0v) is 78.4. The first-order valence-electron chi connectivity index (χ1n) is 47.9. The van der Waals surface area contributed by atoms with Crippen LogP contribution in [0.5, 0.6) is 0 Å². The highest BCUT2D eigenvalue weighted by molar-refractivity contribution is 7.28. The molecule has 0 aliphatic carbocycles. The molecule has 12 heterocycles. The van der Waals surface area contributed by atoms with Crippen LogP contribution in [0, 0.1) is 0 Å². The molecule has 0 atom stereocenters. The van der Waals surface area contributed by atoms with Crippen LogP contribution in [-0.2, 0) is 0 Å². The van der Waals surface area contributed by atoms with E-state index in [2.05, 4.69) is 384 Å². The van der Waals surface area contributed by atoms with E-state index in [1.807, 2.05) is 94.7 Å². The number of hydrogen-bond donors (Lipinski definition) is 0. The van der Waals surface area contributed by atoms with E-state index in [1.54, 1.807) is 0 Å². The summed E-state index contributed by atoms with van der Waals surface area (Å²) in [6.45, 7) is 0. The van der Waals surface area contributed by atoms with Gasteiger partial charge in [0.25, 0.3) is 0 Å². The van der Waals surface area contributed by atoms with E-state index in [0.717, 1.165) is 138 Å². The minimum atomic E-state index is 0.626. The summed E-state index contributed by atoms with van der Waals surface area (Å²) in [6.07, 6.45) is 0. The third-order valence-electron chi connectivity index (χ3n) is 29.0. The summed E-state index contributed by atoms with van der Waals surface area (Å²) in [5, 5.41) is 29.9. The second-order valence-corrected chi connectivity index (χ2v) is 39.9. The summed E-state index contributed by atoms with van der Waals surface area (Å²) < 4.78 is 34.0. The first-order valence-corrected chi connectivity index (χ1v) is 50.4. The summed E-state index contributed by atoms with van der Waals surface area (Å²) in [7, 11) is 0. The first-order chi connectivity index (χ1) is 71.0. The molecule has 0 radical (unpaired) electrons. The molecule has 0 spiro atoms. The molecule has 15 heteroatoms. The van der Waals surface area contributed by atoms with Crippen molar-refractivity contribution in [1.29, 1.82) is 0 Å². The van der Waals surface area contributed by atoms with Crippen LogP contribution in [0.3, 0.4) is 0 Å². The number of rotatable bonds is 7. The second kappa shape index (κ2) is 31.1. The molecule has 0 aliphatic heterocycles. The molecule has 0 unspecified atom stereocenters. The van der Waals surface area contributed by atoms with Crippen molar-refractivity contribution in [2.24, 2.45) is 0 Å². The number of hydrogen-bond acceptors (Lipinski definition) is 12. The standard InChI is InChI=1S/C44H25N3OS.2C42H23N3OS/c1-2-12-26(13-3-1)27-22-24-28(25-23-27)39-42-40(32-17-7-10-20-35(32)48-42)46-44(45-39)47-34-19-9-6-16-31(34)37-29-14-4-5-15-30(29)38-33-18-8-11-21-36(33)49-43(38)41(37)47;1-2-14-25-24(12-1)13-11-20-28(25)37-40-38(30-18-6-9-22-33(30)46-40)44-42(43-37)45-32-21-8-5-17-29(32)35-26-15-3-4-16-27(26)36-31-19-7-10-23-34(31)47-41(36)39(35)45;1-2-12-25-23-26(22-21-24(25)11-1)37-40-38(30-16-6-9-19-33(30)46-40)44-42(43-37)45-32-18-8-5-15-29(32)35-27-13-3-4-14-28(27)36-31-17-7-10-20-34(31)47-41(36)39(35)45/h1-25H;2*1-23H. The molecule has 12 aromatic heterocycles. The topological polar surface area (TPSA) is 132 Å². The van der Waals surface area contributed by atoms with Crippen LogP contribution in [0.15, 0.2) is 444 Å². The summed E-state index contributed by atoms with van der Waals surface area (Å²) in [5.74, 6) is 1.89. The number of fused-ring (bicyclic) bond motifs is 41. The maximum Gasteiger partial charge on any atom is 0.236 e. The van der Waals surface area contributed by atoms with Crippen LogP contribution < -0.4 is 0 Å². The summed E-state index contributed by atoms with van der Waals surface area (Å²) in [6, 6.07) is 152. The second-order valence-electron chi connectivity index (χ2n) is 36.7. The van der Waals surface area contributed by atoms with Gasteiger partial charge in [0.15, 0.2) is 16.7 Å². The highest BCUT2D eigenvalue weighted by Gasteiger charge is 2.32. The summed E-state index contributed by atoms with van der Waals surface area (Å²) >= 11 is 5.53. The van der Waals surface area contributed by atoms with E-state index in [-0.39, 0.29) is 0 Å². The Bertz CT molecular complexity index is 11300. The van der Waals surface area contributed by atoms with Crippen molar-refractivity contribution < 1.29 is 13.3 Å². The molecule has 0 bridgehead atoms. The lowest BCUT2D eigenvalue weighted by Crippen LogP contribution is -2.03. The zero-order chi connectivity index (χ0) is 93.3. The Labute approximate surface area is 824 Å². The van der Waals surface area contributed by atoms with Crippen molar-refractivity contribution in [2.45, 2.75) is 0 Å². The molecule has 143 heavy (non-hydrogen) atoms. The monoisotopic (exact) mass is 1880 g/mol. The lowest BCUT2D eigenvalue weighted by molar-refractivity contribution is 0.666. The van der Waals surface area contributed by atoms with Crippen LogP contribution in [0.25, 0.3) is 309 Å². The lowest BCUT2D eigenvalue weighted by atomic mass is 9.99. The maximum absolute atomic E-state index is 6.57. The smallest absolute Gasteiger partial charge is 0.236 e. The third kappa shape index (κ3) is 11.9. The highest BCUT2D eigenvalue weighted by Crippen LogP contribution is 2.54. The fraction of sp³-hybridized carbons (Fsp3) is 0. The minimum absolute atomic E-state index is 0.626. The SMILES string of the molecule is c1ccc(-c2ccc(-c3nc(-n4c5ccccc5c5c6ccccc6c6c7ccccc7sc6c54)nc4c3oc3ccccc34)cc2)cc1.c1ccc2c(-c3nc(-n4c5ccccc5c5c6ccccc6c6c7ccccc7sc6c54)nc4c3oc3ccccc34)cccc2c1.c1ccc2cc(-c3nc(-n4c5ccccc5c5c6ccccc6c6c7ccccc7sc6c54)nc4c3oc3ccccc34)ccc2c1. The van der Waals surface area contributed by atoms with Gasteiger partial charge in [0.2, 0.25) is 17.8 Å². The molecule has 33 rings (SSSR count). The van der Waals surface area contributed by atoms with Crippen molar-refractivity contribution in [3.05, 3.63) is 431 Å². The number of nitrogens with zero attached hydrogens (tertiary/aromatic N) is 9. The number of furan rings is 3. The Hall–Kier alpha value is -18.4.